The van der Waals surface area contributed by atoms with E-state index in [1.807, 2.05) is 18.2 Å². The fourth-order valence-electron chi connectivity index (χ4n) is 2.62. The Balaban J connectivity index is 1.56. The first-order valence-electron chi connectivity index (χ1n) is 7.11. The summed E-state index contributed by atoms with van der Waals surface area (Å²) in [5, 5.41) is 5.97. The molecule has 4 heteroatoms. The van der Waals surface area contributed by atoms with Gasteiger partial charge in [-0.2, -0.15) is 0 Å². The van der Waals surface area contributed by atoms with E-state index in [-0.39, 0.29) is 11.7 Å². The van der Waals surface area contributed by atoms with Crippen LogP contribution in [0.5, 0.6) is 0 Å². The van der Waals surface area contributed by atoms with Crippen LogP contribution in [-0.2, 0) is 11.2 Å². The largest absolute Gasteiger partial charge is 0.324 e. The molecule has 1 unspecified atom stereocenters. The Bertz CT molecular complexity index is 642. The topological polar surface area (TPSA) is 41.1 Å². The first kappa shape index (κ1) is 13.8. The van der Waals surface area contributed by atoms with E-state index in [4.69, 9.17) is 0 Å². The number of anilines is 1. The van der Waals surface area contributed by atoms with Crippen LogP contribution < -0.4 is 10.6 Å². The number of carbonyl (C=O) groups is 1. The van der Waals surface area contributed by atoms with Crippen molar-refractivity contribution in [2.45, 2.75) is 18.9 Å². The third kappa shape index (κ3) is 3.11. The summed E-state index contributed by atoms with van der Waals surface area (Å²) in [6, 6.07) is 14.1. The number of aryl methyl sites for hydroxylation is 1. The highest BCUT2D eigenvalue weighted by molar-refractivity contribution is 6.02. The Morgan fingerprint density at radius 2 is 1.95 bits per heavy atom. The van der Waals surface area contributed by atoms with Crippen molar-refractivity contribution in [2.24, 2.45) is 0 Å². The van der Waals surface area contributed by atoms with Crippen LogP contribution in [0.4, 0.5) is 10.1 Å². The highest BCUT2D eigenvalue weighted by Crippen LogP contribution is 2.31. The number of benzene rings is 2. The van der Waals surface area contributed by atoms with Crippen LogP contribution in [0.3, 0.4) is 0 Å². The maximum absolute atomic E-state index is 13.3. The minimum Gasteiger partial charge on any atom is -0.324 e. The molecule has 21 heavy (non-hydrogen) atoms. The maximum Gasteiger partial charge on any atom is 0.246 e. The summed E-state index contributed by atoms with van der Waals surface area (Å²) in [4.78, 5) is 11.9. The number of nitrogens with one attached hydrogen (secondary N) is 2. The van der Waals surface area contributed by atoms with Gasteiger partial charge in [-0.25, -0.2) is 4.39 Å². The number of rotatable bonds is 5. The molecule has 0 fully saturated rings. The molecule has 0 bridgehead atoms. The van der Waals surface area contributed by atoms with Gasteiger partial charge in [-0.3, -0.25) is 4.79 Å². The quantitative estimate of drug-likeness (QED) is 0.829. The Labute approximate surface area is 123 Å². The summed E-state index contributed by atoms with van der Waals surface area (Å²) in [7, 11) is 0. The van der Waals surface area contributed by atoms with E-state index in [9.17, 15) is 9.18 Å². The zero-order valence-electron chi connectivity index (χ0n) is 11.6. The minimum absolute atomic E-state index is 0.115. The van der Waals surface area contributed by atoms with E-state index in [2.05, 4.69) is 22.8 Å². The third-order valence-corrected chi connectivity index (χ3v) is 3.68. The second-order valence-corrected chi connectivity index (χ2v) is 5.20. The van der Waals surface area contributed by atoms with Crippen molar-refractivity contribution in [3.63, 3.8) is 0 Å². The van der Waals surface area contributed by atoms with Gasteiger partial charge in [0.15, 0.2) is 0 Å². The molecule has 2 aromatic rings. The number of hydrogen-bond acceptors (Lipinski definition) is 2. The molecule has 0 aliphatic carbocycles. The van der Waals surface area contributed by atoms with E-state index in [0.29, 0.717) is 17.8 Å². The van der Waals surface area contributed by atoms with Crippen molar-refractivity contribution in [2.75, 3.05) is 11.9 Å². The molecule has 1 aliphatic heterocycles. The van der Waals surface area contributed by atoms with E-state index >= 15 is 0 Å². The summed E-state index contributed by atoms with van der Waals surface area (Å²) < 4.78 is 13.3. The van der Waals surface area contributed by atoms with Gasteiger partial charge >= 0.3 is 0 Å². The first-order chi connectivity index (χ1) is 10.2. The Kier molecular flexibility index (Phi) is 3.97. The molecular weight excluding hydrogens is 267 g/mol. The van der Waals surface area contributed by atoms with E-state index < -0.39 is 6.04 Å². The highest BCUT2D eigenvalue weighted by atomic mass is 19.1. The fourth-order valence-corrected chi connectivity index (χ4v) is 2.62. The van der Waals surface area contributed by atoms with Crippen molar-refractivity contribution in [1.29, 1.82) is 0 Å². The van der Waals surface area contributed by atoms with Crippen molar-refractivity contribution in [1.82, 2.24) is 5.32 Å². The van der Waals surface area contributed by atoms with Crippen LogP contribution in [0, 0.1) is 5.82 Å². The molecule has 0 radical (unpaired) electrons. The molecule has 0 saturated heterocycles. The van der Waals surface area contributed by atoms with Crippen molar-refractivity contribution in [3.8, 4) is 0 Å². The molecule has 0 aromatic heterocycles. The van der Waals surface area contributed by atoms with E-state index in [0.717, 1.165) is 12.8 Å². The van der Waals surface area contributed by atoms with Crippen molar-refractivity contribution >= 4 is 11.6 Å². The number of hydrogen-bond donors (Lipinski definition) is 2. The lowest BCUT2D eigenvalue weighted by molar-refractivity contribution is -0.117. The molecule has 1 amide bonds. The monoisotopic (exact) mass is 284 g/mol. The smallest absolute Gasteiger partial charge is 0.246 e. The van der Waals surface area contributed by atoms with Gasteiger partial charge < -0.3 is 10.6 Å². The summed E-state index contributed by atoms with van der Waals surface area (Å²) in [5.74, 6) is -0.434. The molecule has 1 aliphatic rings. The maximum atomic E-state index is 13.3. The second kappa shape index (κ2) is 6.06. The minimum atomic E-state index is -0.452. The predicted octanol–water partition coefficient (Wildman–Crippen LogP) is 3.04. The lowest BCUT2D eigenvalue weighted by atomic mass is 10.1. The highest BCUT2D eigenvalue weighted by Gasteiger charge is 2.30. The Hall–Kier alpha value is -2.20. The first-order valence-corrected chi connectivity index (χ1v) is 7.11. The summed E-state index contributed by atoms with van der Waals surface area (Å²) in [6.45, 7) is 0.711. The van der Waals surface area contributed by atoms with E-state index in [1.54, 1.807) is 6.07 Å². The van der Waals surface area contributed by atoms with Gasteiger partial charge in [0.25, 0.3) is 0 Å². The van der Waals surface area contributed by atoms with E-state index in [1.165, 1.54) is 17.7 Å². The molecule has 2 aromatic carbocycles. The SMILES string of the molecule is O=C1Nc2ccc(F)cc2C1NCCCc1ccccc1. The molecule has 3 rings (SSSR count). The van der Waals surface area contributed by atoms with Gasteiger partial charge in [-0.1, -0.05) is 30.3 Å². The lowest BCUT2D eigenvalue weighted by Crippen LogP contribution is -2.28. The van der Waals surface area contributed by atoms with Crippen LogP contribution in [0.1, 0.15) is 23.6 Å². The zero-order valence-corrected chi connectivity index (χ0v) is 11.6. The van der Waals surface area contributed by atoms with Gasteiger partial charge in [0.1, 0.15) is 11.9 Å². The van der Waals surface area contributed by atoms with Crippen LogP contribution >= 0.6 is 0 Å². The van der Waals surface area contributed by atoms with Gasteiger partial charge in [0, 0.05) is 11.3 Å². The molecular formula is C17H17FN2O. The Morgan fingerprint density at radius 3 is 2.76 bits per heavy atom. The molecule has 108 valence electrons. The van der Waals surface area contributed by atoms with Gasteiger partial charge in [-0.15, -0.1) is 0 Å². The number of amides is 1. The molecule has 1 heterocycles. The lowest BCUT2D eigenvalue weighted by Gasteiger charge is -2.11. The molecule has 0 spiro atoms. The average Bonchev–Trinajstić information content (AvgIpc) is 2.80. The van der Waals surface area contributed by atoms with Gasteiger partial charge in [0.2, 0.25) is 5.91 Å². The molecule has 0 saturated carbocycles. The fraction of sp³-hybridized carbons (Fsp3) is 0.235. The standard InChI is InChI=1S/C17H17FN2O/c18-13-8-9-15-14(11-13)16(17(21)20-15)19-10-4-7-12-5-2-1-3-6-12/h1-3,5-6,8-9,11,16,19H,4,7,10H2,(H,20,21). The van der Waals surface area contributed by atoms with Crippen LogP contribution in [0.15, 0.2) is 48.5 Å². The molecule has 2 N–H and O–H groups in total. The summed E-state index contributed by atoms with van der Waals surface area (Å²) in [5.41, 5.74) is 2.67. The predicted molar refractivity (Wildman–Crippen MR) is 80.5 cm³/mol. The second-order valence-electron chi connectivity index (χ2n) is 5.20. The van der Waals surface area contributed by atoms with Crippen LogP contribution in [0.25, 0.3) is 0 Å². The average molecular weight is 284 g/mol. The van der Waals surface area contributed by atoms with Gasteiger partial charge in [-0.05, 0) is 43.1 Å². The zero-order chi connectivity index (χ0) is 14.7. The molecule has 1 atom stereocenters. The molecule has 3 nitrogen and oxygen atoms in total. The van der Waals surface area contributed by atoms with Crippen LogP contribution in [0.2, 0.25) is 0 Å². The van der Waals surface area contributed by atoms with Crippen LogP contribution in [-0.4, -0.2) is 12.5 Å². The van der Waals surface area contributed by atoms with Crippen molar-refractivity contribution in [3.05, 3.63) is 65.5 Å². The normalized spacial score (nSPS) is 16.6. The summed E-state index contributed by atoms with van der Waals surface area (Å²) >= 11 is 0. The number of carbonyl (C=O) groups excluding carboxylic acids is 1. The summed E-state index contributed by atoms with van der Waals surface area (Å²) in [6.07, 6.45) is 1.89. The Morgan fingerprint density at radius 1 is 1.14 bits per heavy atom. The number of halogens is 1. The van der Waals surface area contributed by atoms with Crippen molar-refractivity contribution < 1.29 is 9.18 Å². The van der Waals surface area contributed by atoms with Gasteiger partial charge in [0.05, 0.1) is 0 Å². The number of fused-ring (bicyclic) bond motifs is 1. The third-order valence-electron chi connectivity index (χ3n) is 3.68.